The maximum atomic E-state index is 13.2. The van der Waals surface area contributed by atoms with Crippen molar-refractivity contribution in [1.29, 1.82) is 0 Å². The van der Waals surface area contributed by atoms with Crippen LogP contribution in [0.15, 0.2) is 24.5 Å². The molecule has 2 aromatic rings. The number of nitrogens with two attached hydrogens (primary N) is 1. The van der Waals surface area contributed by atoms with Crippen LogP contribution < -0.4 is 5.73 Å². The maximum absolute atomic E-state index is 13.2. The molecule has 0 spiro atoms. The number of nitrogens with zero attached hydrogens (tertiary/aromatic N) is 3. The minimum absolute atomic E-state index is 0.0770. The summed E-state index contributed by atoms with van der Waals surface area (Å²) >= 11 is 5.57. The normalized spacial score (nSPS) is 10.6. The molecule has 4 nitrogen and oxygen atoms in total. The minimum Gasteiger partial charge on any atom is -0.324 e. The second kappa shape index (κ2) is 3.96. The quantitative estimate of drug-likeness (QED) is 0.845. The fourth-order valence-electron chi connectivity index (χ4n) is 1.24. The predicted octanol–water partition coefficient (Wildman–Crippen LogP) is 1.52. The minimum atomic E-state index is -0.493. The van der Waals surface area contributed by atoms with Crippen LogP contribution in [0.2, 0.25) is 5.02 Å². The second-order valence-corrected chi connectivity index (χ2v) is 3.30. The van der Waals surface area contributed by atoms with E-state index in [9.17, 15) is 4.39 Å². The largest absolute Gasteiger partial charge is 0.324 e. The molecular weight excluding hydrogens is 219 g/mol. The lowest BCUT2D eigenvalue weighted by atomic mass is 10.3. The Balaban J connectivity index is 2.50. The average molecular weight is 227 g/mol. The van der Waals surface area contributed by atoms with Crippen LogP contribution in [0.3, 0.4) is 0 Å². The number of benzene rings is 1. The van der Waals surface area contributed by atoms with E-state index in [1.54, 1.807) is 6.07 Å². The van der Waals surface area contributed by atoms with Crippen LogP contribution in [-0.4, -0.2) is 14.8 Å². The molecule has 0 atom stereocenters. The first-order valence-electron chi connectivity index (χ1n) is 4.27. The van der Waals surface area contributed by atoms with Crippen molar-refractivity contribution in [3.8, 4) is 5.69 Å². The molecule has 0 aliphatic rings. The van der Waals surface area contributed by atoms with Crippen LogP contribution in [0.1, 0.15) is 5.82 Å². The average Bonchev–Trinajstić information content (AvgIpc) is 2.70. The Kier molecular flexibility index (Phi) is 2.66. The van der Waals surface area contributed by atoms with Crippen LogP contribution in [0, 0.1) is 5.82 Å². The fraction of sp³-hybridized carbons (Fsp3) is 0.111. The molecule has 0 saturated heterocycles. The van der Waals surface area contributed by atoms with Crippen LogP contribution in [0.4, 0.5) is 4.39 Å². The summed E-state index contributed by atoms with van der Waals surface area (Å²) in [5, 5.41) is 4.02. The van der Waals surface area contributed by atoms with Crippen molar-refractivity contribution in [2.45, 2.75) is 6.54 Å². The third kappa shape index (κ3) is 1.84. The van der Waals surface area contributed by atoms with Gasteiger partial charge < -0.3 is 5.73 Å². The van der Waals surface area contributed by atoms with E-state index in [1.165, 1.54) is 23.1 Å². The lowest BCUT2D eigenvalue weighted by Gasteiger charge is -2.04. The molecule has 0 bridgehead atoms. The van der Waals surface area contributed by atoms with Crippen molar-refractivity contribution in [2.75, 3.05) is 0 Å². The summed E-state index contributed by atoms with van der Waals surface area (Å²) < 4.78 is 14.7. The van der Waals surface area contributed by atoms with E-state index in [-0.39, 0.29) is 11.6 Å². The Morgan fingerprint density at radius 2 is 2.27 bits per heavy atom. The van der Waals surface area contributed by atoms with Crippen molar-refractivity contribution in [2.24, 2.45) is 5.73 Å². The molecule has 0 aliphatic heterocycles. The molecule has 1 heterocycles. The predicted molar refractivity (Wildman–Crippen MR) is 54.2 cm³/mol. The molecule has 15 heavy (non-hydrogen) atoms. The van der Waals surface area contributed by atoms with Crippen molar-refractivity contribution in [3.05, 3.63) is 41.2 Å². The van der Waals surface area contributed by atoms with Gasteiger partial charge in [-0.15, -0.1) is 0 Å². The second-order valence-electron chi connectivity index (χ2n) is 2.89. The van der Waals surface area contributed by atoms with E-state index >= 15 is 0 Å². The Morgan fingerprint density at radius 3 is 2.93 bits per heavy atom. The van der Waals surface area contributed by atoms with E-state index < -0.39 is 5.82 Å². The number of halogens is 2. The van der Waals surface area contributed by atoms with Crippen LogP contribution >= 0.6 is 11.6 Å². The van der Waals surface area contributed by atoms with Crippen LogP contribution in [0.25, 0.3) is 5.69 Å². The number of rotatable bonds is 2. The molecule has 1 aromatic carbocycles. The standard InChI is InChI=1S/C9H8ClFN4/c10-7-2-1-6(3-8(7)11)15-9(4-12)13-5-14-15/h1-3,5H,4,12H2. The zero-order valence-corrected chi connectivity index (χ0v) is 8.45. The monoisotopic (exact) mass is 226 g/mol. The first-order valence-corrected chi connectivity index (χ1v) is 4.64. The zero-order valence-electron chi connectivity index (χ0n) is 7.69. The van der Waals surface area contributed by atoms with Crippen LogP contribution in [-0.2, 0) is 6.54 Å². The van der Waals surface area contributed by atoms with Crippen LogP contribution in [0.5, 0.6) is 0 Å². The van der Waals surface area contributed by atoms with Gasteiger partial charge in [-0.25, -0.2) is 14.1 Å². The highest BCUT2D eigenvalue weighted by atomic mass is 35.5. The van der Waals surface area contributed by atoms with E-state index in [0.29, 0.717) is 11.5 Å². The van der Waals surface area contributed by atoms with Gasteiger partial charge in [0.25, 0.3) is 0 Å². The maximum Gasteiger partial charge on any atom is 0.145 e. The first kappa shape index (κ1) is 10.1. The highest BCUT2D eigenvalue weighted by Gasteiger charge is 2.07. The molecular formula is C9H8ClFN4. The van der Waals surface area contributed by atoms with E-state index in [0.717, 1.165) is 0 Å². The van der Waals surface area contributed by atoms with Gasteiger partial charge in [-0.3, -0.25) is 0 Å². The lowest BCUT2D eigenvalue weighted by molar-refractivity contribution is 0.625. The van der Waals surface area contributed by atoms with Gasteiger partial charge >= 0.3 is 0 Å². The van der Waals surface area contributed by atoms with Gasteiger partial charge in [0.2, 0.25) is 0 Å². The molecule has 6 heteroatoms. The molecule has 2 rings (SSSR count). The Labute approximate surface area is 90.5 Å². The summed E-state index contributed by atoms with van der Waals surface area (Å²) in [6.45, 7) is 0.240. The summed E-state index contributed by atoms with van der Waals surface area (Å²) in [7, 11) is 0. The van der Waals surface area contributed by atoms with Gasteiger partial charge in [-0.05, 0) is 12.1 Å². The molecule has 0 radical (unpaired) electrons. The molecule has 0 aliphatic carbocycles. The van der Waals surface area contributed by atoms with Crippen molar-refractivity contribution < 1.29 is 4.39 Å². The van der Waals surface area contributed by atoms with Crippen molar-refractivity contribution in [1.82, 2.24) is 14.8 Å². The third-order valence-electron chi connectivity index (χ3n) is 1.95. The zero-order chi connectivity index (χ0) is 10.8. The Bertz CT molecular complexity index is 483. The first-order chi connectivity index (χ1) is 7.22. The molecule has 0 amide bonds. The summed E-state index contributed by atoms with van der Waals surface area (Å²) in [6.07, 6.45) is 1.37. The third-order valence-corrected chi connectivity index (χ3v) is 2.26. The molecule has 0 saturated carbocycles. The smallest absolute Gasteiger partial charge is 0.145 e. The van der Waals surface area contributed by atoms with E-state index in [4.69, 9.17) is 17.3 Å². The molecule has 0 fully saturated rings. The van der Waals surface area contributed by atoms with Crippen molar-refractivity contribution >= 4 is 11.6 Å². The topological polar surface area (TPSA) is 56.7 Å². The molecule has 0 unspecified atom stereocenters. The Hall–Kier alpha value is -1.46. The van der Waals surface area contributed by atoms with Gasteiger partial charge in [-0.2, -0.15) is 5.10 Å². The number of aromatic nitrogens is 3. The summed E-state index contributed by atoms with van der Waals surface area (Å²) in [5.74, 6) is 0.0735. The lowest BCUT2D eigenvalue weighted by Crippen LogP contribution is -2.08. The summed E-state index contributed by atoms with van der Waals surface area (Å²) in [6, 6.07) is 4.41. The number of hydrogen-bond donors (Lipinski definition) is 1. The molecule has 2 N–H and O–H groups in total. The summed E-state index contributed by atoms with van der Waals surface area (Å²) in [5.41, 5.74) is 6.01. The van der Waals surface area contributed by atoms with Crippen molar-refractivity contribution in [3.63, 3.8) is 0 Å². The van der Waals surface area contributed by atoms with Gasteiger partial charge in [0.1, 0.15) is 18.0 Å². The fourth-order valence-corrected chi connectivity index (χ4v) is 1.35. The Morgan fingerprint density at radius 1 is 1.47 bits per heavy atom. The molecule has 1 aromatic heterocycles. The van der Waals surface area contributed by atoms with Gasteiger partial charge in [0.05, 0.1) is 17.3 Å². The molecule has 78 valence electrons. The van der Waals surface area contributed by atoms with E-state index in [2.05, 4.69) is 10.1 Å². The number of hydrogen-bond acceptors (Lipinski definition) is 3. The summed E-state index contributed by atoms with van der Waals surface area (Å²) in [4.78, 5) is 3.93. The highest BCUT2D eigenvalue weighted by Crippen LogP contribution is 2.18. The highest BCUT2D eigenvalue weighted by molar-refractivity contribution is 6.30. The van der Waals surface area contributed by atoms with E-state index in [1.807, 2.05) is 0 Å². The van der Waals surface area contributed by atoms with Gasteiger partial charge in [-0.1, -0.05) is 11.6 Å². The van der Waals surface area contributed by atoms with Gasteiger partial charge in [0, 0.05) is 6.07 Å². The SMILES string of the molecule is NCc1ncnn1-c1ccc(Cl)c(F)c1. The van der Waals surface area contributed by atoms with Gasteiger partial charge in [0.15, 0.2) is 0 Å².